The molecule has 3 aromatic carbocycles. The minimum Gasteiger partial charge on any atom is -0.386 e. The standard InChI is InChI=1S/C26H18O6/c1-26(2,3)17-9-15(13-4-6-18-20(11-13)24(29)31-22(18)27)8-16(10-17)14-5-7-19-21(12-14)25(30)32-23(19)28/h4-12H,1-3H3. The van der Waals surface area contributed by atoms with Gasteiger partial charge in [0.05, 0.1) is 22.3 Å². The fourth-order valence-electron chi connectivity index (χ4n) is 3.92. The number of carbonyl (C=O) groups is 4. The van der Waals surface area contributed by atoms with Crippen LogP contribution >= 0.6 is 0 Å². The molecule has 0 radical (unpaired) electrons. The molecular weight excluding hydrogens is 408 g/mol. The molecule has 3 aromatic rings. The smallest absolute Gasteiger partial charge is 0.346 e. The average molecular weight is 426 g/mol. The van der Waals surface area contributed by atoms with Crippen molar-refractivity contribution in [3.63, 3.8) is 0 Å². The van der Waals surface area contributed by atoms with Crippen LogP contribution in [-0.2, 0) is 14.9 Å². The van der Waals surface area contributed by atoms with Crippen molar-refractivity contribution in [3.05, 3.63) is 82.4 Å². The molecule has 5 rings (SSSR count). The highest BCUT2D eigenvalue weighted by Crippen LogP contribution is 2.36. The first kappa shape index (κ1) is 19.9. The molecule has 2 aliphatic rings. The monoisotopic (exact) mass is 426 g/mol. The zero-order valence-electron chi connectivity index (χ0n) is 17.6. The topological polar surface area (TPSA) is 86.7 Å². The van der Waals surface area contributed by atoms with Gasteiger partial charge in [0.1, 0.15) is 0 Å². The lowest BCUT2D eigenvalue weighted by Crippen LogP contribution is -2.11. The van der Waals surface area contributed by atoms with Gasteiger partial charge in [-0.1, -0.05) is 45.0 Å². The van der Waals surface area contributed by atoms with Gasteiger partial charge in [0, 0.05) is 0 Å². The van der Waals surface area contributed by atoms with Crippen molar-refractivity contribution >= 4 is 23.9 Å². The van der Waals surface area contributed by atoms with Gasteiger partial charge in [0.2, 0.25) is 0 Å². The molecule has 0 N–H and O–H groups in total. The van der Waals surface area contributed by atoms with E-state index in [9.17, 15) is 19.2 Å². The van der Waals surface area contributed by atoms with Gasteiger partial charge in [-0.3, -0.25) is 0 Å². The predicted molar refractivity (Wildman–Crippen MR) is 116 cm³/mol. The summed E-state index contributed by atoms with van der Waals surface area (Å²) in [6, 6.07) is 16.1. The van der Waals surface area contributed by atoms with E-state index in [-0.39, 0.29) is 27.7 Å². The number of esters is 4. The number of fused-ring (bicyclic) bond motifs is 2. The molecule has 2 aliphatic heterocycles. The zero-order valence-corrected chi connectivity index (χ0v) is 17.6. The first-order valence-electron chi connectivity index (χ1n) is 10.1. The molecule has 6 heteroatoms. The van der Waals surface area contributed by atoms with Gasteiger partial charge in [-0.25, -0.2) is 19.2 Å². The van der Waals surface area contributed by atoms with E-state index >= 15 is 0 Å². The van der Waals surface area contributed by atoms with Crippen LogP contribution in [0.25, 0.3) is 22.3 Å². The first-order chi connectivity index (χ1) is 15.1. The minimum absolute atomic E-state index is 0.179. The summed E-state index contributed by atoms with van der Waals surface area (Å²) in [6.45, 7) is 6.27. The number of hydrogen-bond donors (Lipinski definition) is 0. The predicted octanol–water partition coefficient (Wildman–Crippen LogP) is 4.94. The van der Waals surface area contributed by atoms with Gasteiger partial charge in [-0.2, -0.15) is 0 Å². The number of hydrogen-bond acceptors (Lipinski definition) is 6. The highest BCUT2D eigenvalue weighted by atomic mass is 16.6. The number of cyclic esters (lactones) is 4. The van der Waals surface area contributed by atoms with E-state index < -0.39 is 23.9 Å². The van der Waals surface area contributed by atoms with E-state index in [0.717, 1.165) is 27.8 Å². The lowest BCUT2D eigenvalue weighted by Gasteiger charge is -2.22. The summed E-state index contributed by atoms with van der Waals surface area (Å²) in [5, 5.41) is 0. The Labute approximate surface area is 183 Å². The fourth-order valence-corrected chi connectivity index (χ4v) is 3.92. The van der Waals surface area contributed by atoms with Crippen LogP contribution in [0.5, 0.6) is 0 Å². The summed E-state index contributed by atoms with van der Waals surface area (Å²) < 4.78 is 9.41. The molecule has 0 atom stereocenters. The Balaban J connectivity index is 1.67. The maximum atomic E-state index is 12.0. The van der Waals surface area contributed by atoms with Crippen molar-refractivity contribution in [1.82, 2.24) is 0 Å². The SMILES string of the molecule is CC(C)(C)c1cc(-c2ccc3c(c2)C(=O)OC3=O)cc(-c2ccc3c(c2)C(=O)OC3=O)c1. The number of rotatable bonds is 2. The van der Waals surface area contributed by atoms with Crippen LogP contribution in [0.15, 0.2) is 54.6 Å². The Morgan fingerprint density at radius 1 is 0.500 bits per heavy atom. The zero-order chi connectivity index (χ0) is 22.8. The molecule has 0 bridgehead atoms. The van der Waals surface area contributed by atoms with Crippen molar-refractivity contribution in [2.45, 2.75) is 26.2 Å². The van der Waals surface area contributed by atoms with E-state index in [2.05, 4.69) is 20.8 Å². The van der Waals surface area contributed by atoms with Gasteiger partial charge in [0.25, 0.3) is 0 Å². The molecule has 0 spiro atoms. The lowest BCUT2D eigenvalue weighted by molar-refractivity contribution is 0.0425. The molecule has 0 unspecified atom stereocenters. The van der Waals surface area contributed by atoms with Gasteiger partial charge in [-0.05, 0) is 63.6 Å². The Morgan fingerprint density at radius 2 is 0.906 bits per heavy atom. The Bertz CT molecular complexity index is 1280. The van der Waals surface area contributed by atoms with Crippen molar-refractivity contribution < 1.29 is 28.7 Å². The van der Waals surface area contributed by atoms with Crippen molar-refractivity contribution in [3.8, 4) is 22.3 Å². The van der Waals surface area contributed by atoms with Gasteiger partial charge in [-0.15, -0.1) is 0 Å². The van der Waals surface area contributed by atoms with E-state index in [1.54, 1.807) is 36.4 Å². The molecule has 32 heavy (non-hydrogen) atoms. The third-order valence-electron chi connectivity index (χ3n) is 5.76. The van der Waals surface area contributed by atoms with Gasteiger partial charge in [0.15, 0.2) is 0 Å². The van der Waals surface area contributed by atoms with Gasteiger partial charge >= 0.3 is 23.9 Å². The molecule has 0 aliphatic carbocycles. The summed E-state index contributed by atoms with van der Waals surface area (Å²) in [4.78, 5) is 47.6. The van der Waals surface area contributed by atoms with Crippen LogP contribution in [0.1, 0.15) is 67.8 Å². The van der Waals surface area contributed by atoms with Crippen LogP contribution in [0.4, 0.5) is 0 Å². The molecule has 2 heterocycles. The van der Waals surface area contributed by atoms with Crippen molar-refractivity contribution in [2.24, 2.45) is 0 Å². The van der Waals surface area contributed by atoms with E-state index in [4.69, 9.17) is 9.47 Å². The lowest BCUT2D eigenvalue weighted by atomic mass is 9.83. The van der Waals surface area contributed by atoms with E-state index in [1.165, 1.54) is 0 Å². The molecule has 0 saturated heterocycles. The maximum Gasteiger partial charge on any atom is 0.346 e. The summed E-state index contributed by atoms with van der Waals surface area (Å²) in [5.74, 6) is -2.58. The van der Waals surface area contributed by atoms with Crippen LogP contribution in [0.3, 0.4) is 0 Å². The quantitative estimate of drug-likeness (QED) is 0.426. The highest BCUT2D eigenvalue weighted by Gasteiger charge is 2.31. The van der Waals surface area contributed by atoms with Crippen LogP contribution < -0.4 is 0 Å². The maximum absolute atomic E-state index is 12.0. The normalized spacial score (nSPS) is 14.8. The molecular formula is C26H18O6. The van der Waals surface area contributed by atoms with Crippen LogP contribution in [0, 0.1) is 0 Å². The van der Waals surface area contributed by atoms with E-state index in [1.807, 2.05) is 18.2 Å². The fraction of sp³-hybridized carbons (Fsp3) is 0.154. The van der Waals surface area contributed by atoms with Crippen molar-refractivity contribution in [1.29, 1.82) is 0 Å². The summed E-state index contributed by atoms with van der Waals surface area (Å²) in [6.07, 6.45) is 0. The molecule has 0 fully saturated rings. The Hall–Kier alpha value is -4.06. The first-order valence-corrected chi connectivity index (χ1v) is 10.1. The van der Waals surface area contributed by atoms with Crippen molar-refractivity contribution in [2.75, 3.05) is 0 Å². The minimum atomic E-state index is -0.652. The second kappa shape index (κ2) is 6.72. The third-order valence-corrected chi connectivity index (χ3v) is 5.76. The molecule has 0 aromatic heterocycles. The second-order valence-electron chi connectivity index (χ2n) is 8.92. The molecule has 0 amide bonds. The third kappa shape index (κ3) is 3.12. The van der Waals surface area contributed by atoms with Gasteiger partial charge < -0.3 is 9.47 Å². The summed E-state index contributed by atoms with van der Waals surface area (Å²) in [7, 11) is 0. The van der Waals surface area contributed by atoms with Crippen LogP contribution in [0.2, 0.25) is 0 Å². The summed E-state index contributed by atoms with van der Waals surface area (Å²) >= 11 is 0. The van der Waals surface area contributed by atoms with Crippen LogP contribution in [-0.4, -0.2) is 23.9 Å². The number of carbonyl (C=O) groups excluding carboxylic acids is 4. The highest BCUT2D eigenvalue weighted by molar-refractivity contribution is 6.16. The largest absolute Gasteiger partial charge is 0.386 e. The average Bonchev–Trinajstić information content (AvgIpc) is 3.21. The molecule has 0 saturated carbocycles. The second-order valence-corrected chi connectivity index (χ2v) is 8.92. The Morgan fingerprint density at radius 3 is 1.31 bits per heavy atom. The Kier molecular flexibility index (Phi) is 4.17. The number of ether oxygens (including phenoxy) is 2. The summed E-state index contributed by atoms with van der Waals surface area (Å²) in [5.41, 5.74) is 5.09. The molecule has 6 nitrogen and oxygen atoms in total. The molecule has 158 valence electrons. The number of benzene rings is 3. The van der Waals surface area contributed by atoms with E-state index in [0.29, 0.717) is 0 Å².